The number of rotatable bonds is 5. The number of hydrogen-bond donors (Lipinski definition) is 1. The highest BCUT2D eigenvalue weighted by molar-refractivity contribution is 5.93. The van der Waals surface area contributed by atoms with Crippen LogP contribution in [-0.2, 0) is 0 Å². The number of carbonyl (C=O) groups is 2. The van der Waals surface area contributed by atoms with E-state index in [2.05, 4.69) is 13.8 Å². The fourth-order valence-corrected chi connectivity index (χ4v) is 2.99. The fraction of sp³-hybridized carbons (Fsp3) is 0.600. The lowest BCUT2D eigenvalue weighted by Gasteiger charge is -2.28. The molecule has 0 spiro atoms. The van der Waals surface area contributed by atoms with Crippen molar-refractivity contribution in [3.05, 3.63) is 23.7 Å². The Balaban J connectivity index is 2.12. The van der Waals surface area contributed by atoms with Crippen LogP contribution in [0.5, 0.6) is 0 Å². The molecule has 1 saturated heterocycles. The summed E-state index contributed by atoms with van der Waals surface area (Å²) in [4.78, 5) is 25.1. The number of carboxylic acids is 1. The molecule has 110 valence electrons. The van der Waals surface area contributed by atoms with Crippen LogP contribution in [0.3, 0.4) is 0 Å². The van der Waals surface area contributed by atoms with E-state index in [4.69, 9.17) is 9.52 Å². The first kappa shape index (κ1) is 14.6. The van der Waals surface area contributed by atoms with Crippen molar-refractivity contribution in [3.8, 4) is 0 Å². The molecule has 2 atom stereocenters. The van der Waals surface area contributed by atoms with Gasteiger partial charge in [0, 0.05) is 12.6 Å². The molecule has 1 aliphatic rings. The molecule has 1 fully saturated rings. The number of aromatic carboxylic acids is 1. The first-order valence-corrected chi connectivity index (χ1v) is 7.18. The molecule has 0 bridgehead atoms. The lowest BCUT2D eigenvalue weighted by molar-refractivity contribution is 0.0628. The number of amides is 1. The van der Waals surface area contributed by atoms with Gasteiger partial charge in [-0.2, -0.15) is 0 Å². The van der Waals surface area contributed by atoms with Gasteiger partial charge in [-0.15, -0.1) is 0 Å². The van der Waals surface area contributed by atoms with E-state index in [0.717, 1.165) is 32.2 Å². The van der Waals surface area contributed by atoms with Gasteiger partial charge < -0.3 is 14.4 Å². The molecule has 2 heterocycles. The molecule has 1 aromatic rings. The summed E-state index contributed by atoms with van der Waals surface area (Å²) in [5, 5.41) is 8.84. The molecular formula is C15H21NO4. The topological polar surface area (TPSA) is 70.8 Å². The Morgan fingerprint density at radius 1 is 1.45 bits per heavy atom. The summed E-state index contributed by atoms with van der Waals surface area (Å²) in [7, 11) is 0. The number of hydrogen-bond acceptors (Lipinski definition) is 3. The summed E-state index contributed by atoms with van der Waals surface area (Å²) in [6.45, 7) is 5.04. The molecule has 0 saturated carbocycles. The Morgan fingerprint density at radius 2 is 2.15 bits per heavy atom. The second-order valence-corrected chi connectivity index (χ2v) is 5.44. The van der Waals surface area contributed by atoms with Crippen LogP contribution >= 0.6 is 0 Å². The zero-order chi connectivity index (χ0) is 14.7. The lowest BCUT2D eigenvalue weighted by Crippen LogP contribution is -2.39. The van der Waals surface area contributed by atoms with Gasteiger partial charge in [0.25, 0.3) is 5.91 Å². The van der Waals surface area contributed by atoms with Crippen LogP contribution < -0.4 is 0 Å². The first-order valence-electron chi connectivity index (χ1n) is 7.18. The predicted octanol–water partition coefficient (Wildman–Crippen LogP) is 3.02. The molecule has 0 radical (unpaired) electrons. The highest BCUT2D eigenvalue weighted by Gasteiger charge is 2.34. The van der Waals surface area contributed by atoms with E-state index in [1.54, 1.807) is 0 Å². The molecule has 20 heavy (non-hydrogen) atoms. The Bertz CT molecular complexity index is 494. The Morgan fingerprint density at radius 3 is 2.75 bits per heavy atom. The number of carboxylic acid groups (broad SMARTS) is 1. The van der Waals surface area contributed by atoms with Crippen LogP contribution in [0.2, 0.25) is 0 Å². The molecule has 5 heteroatoms. The van der Waals surface area contributed by atoms with Gasteiger partial charge in [0.15, 0.2) is 5.76 Å². The van der Waals surface area contributed by atoms with Crippen molar-refractivity contribution in [2.45, 2.75) is 45.6 Å². The summed E-state index contributed by atoms with van der Waals surface area (Å²) in [5.74, 6) is -0.951. The summed E-state index contributed by atoms with van der Waals surface area (Å²) < 4.78 is 5.12. The molecule has 0 aliphatic carbocycles. The number of likely N-dealkylation sites (tertiary alicyclic amines) is 1. The number of carbonyl (C=O) groups excluding carboxylic acids is 1. The largest absolute Gasteiger partial charge is 0.475 e. The third-order valence-electron chi connectivity index (χ3n) is 3.99. The van der Waals surface area contributed by atoms with Gasteiger partial charge in [0.2, 0.25) is 5.76 Å². The van der Waals surface area contributed by atoms with Gasteiger partial charge in [-0.1, -0.05) is 20.3 Å². The number of furan rings is 1. The smallest absolute Gasteiger partial charge is 0.371 e. The van der Waals surface area contributed by atoms with Gasteiger partial charge in [-0.25, -0.2) is 4.79 Å². The van der Waals surface area contributed by atoms with Crippen molar-refractivity contribution >= 4 is 11.9 Å². The molecule has 1 aromatic heterocycles. The monoisotopic (exact) mass is 279 g/mol. The standard InChI is InChI=1S/C15H21NO4/c1-3-5-10(2)11-6-4-9-16(11)14(17)12-7-8-13(20-12)15(18)19/h7-8,10-11H,3-6,9H2,1-2H3,(H,18,19). The summed E-state index contributed by atoms with van der Waals surface area (Å²) in [5.41, 5.74) is 0. The first-order chi connectivity index (χ1) is 9.54. The van der Waals surface area contributed by atoms with Crippen molar-refractivity contribution in [1.82, 2.24) is 4.90 Å². The maximum Gasteiger partial charge on any atom is 0.371 e. The minimum absolute atomic E-state index is 0.123. The second-order valence-electron chi connectivity index (χ2n) is 5.44. The van der Waals surface area contributed by atoms with Crippen molar-refractivity contribution in [2.24, 2.45) is 5.92 Å². The molecule has 5 nitrogen and oxygen atoms in total. The molecule has 2 rings (SSSR count). The molecule has 0 aromatic carbocycles. The van der Waals surface area contributed by atoms with Gasteiger partial charge in [0.05, 0.1) is 0 Å². The van der Waals surface area contributed by atoms with E-state index < -0.39 is 5.97 Å². The molecule has 2 unspecified atom stereocenters. The molecule has 1 aliphatic heterocycles. The van der Waals surface area contributed by atoms with Crippen molar-refractivity contribution in [3.63, 3.8) is 0 Å². The normalized spacial score (nSPS) is 20.1. The van der Waals surface area contributed by atoms with Gasteiger partial charge in [0.1, 0.15) is 0 Å². The Hall–Kier alpha value is -1.78. The van der Waals surface area contributed by atoms with Crippen LogP contribution in [0.4, 0.5) is 0 Å². The van der Waals surface area contributed by atoms with E-state index >= 15 is 0 Å². The molecular weight excluding hydrogens is 258 g/mol. The second kappa shape index (κ2) is 6.11. The van der Waals surface area contributed by atoms with Crippen molar-refractivity contribution in [2.75, 3.05) is 6.54 Å². The van der Waals surface area contributed by atoms with Crippen LogP contribution in [0.25, 0.3) is 0 Å². The van der Waals surface area contributed by atoms with Crippen LogP contribution in [0.1, 0.15) is 60.6 Å². The van der Waals surface area contributed by atoms with E-state index in [1.165, 1.54) is 12.1 Å². The van der Waals surface area contributed by atoms with Crippen LogP contribution in [-0.4, -0.2) is 34.5 Å². The van der Waals surface area contributed by atoms with Crippen molar-refractivity contribution < 1.29 is 19.1 Å². The minimum atomic E-state index is -1.15. The highest BCUT2D eigenvalue weighted by Crippen LogP contribution is 2.28. The zero-order valence-electron chi connectivity index (χ0n) is 12.0. The van der Waals surface area contributed by atoms with Crippen LogP contribution in [0, 0.1) is 5.92 Å². The van der Waals surface area contributed by atoms with E-state index in [9.17, 15) is 9.59 Å². The Kier molecular flexibility index (Phi) is 4.47. The quantitative estimate of drug-likeness (QED) is 0.899. The lowest BCUT2D eigenvalue weighted by atomic mass is 9.95. The van der Waals surface area contributed by atoms with E-state index in [0.29, 0.717) is 5.92 Å². The Labute approximate surface area is 118 Å². The average Bonchev–Trinajstić information content (AvgIpc) is 3.07. The third-order valence-corrected chi connectivity index (χ3v) is 3.99. The predicted molar refractivity (Wildman–Crippen MR) is 73.8 cm³/mol. The number of nitrogens with zero attached hydrogens (tertiary/aromatic N) is 1. The molecule has 1 N–H and O–H groups in total. The average molecular weight is 279 g/mol. The van der Waals surface area contributed by atoms with Gasteiger partial charge in [-0.3, -0.25) is 4.79 Å². The van der Waals surface area contributed by atoms with E-state index in [1.807, 2.05) is 4.90 Å². The zero-order valence-corrected chi connectivity index (χ0v) is 12.0. The minimum Gasteiger partial charge on any atom is -0.475 e. The summed E-state index contributed by atoms with van der Waals surface area (Å²) >= 11 is 0. The van der Waals surface area contributed by atoms with Crippen LogP contribution in [0.15, 0.2) is 16.5 Å². The third kappa shape index (κ3) is 2.86. The maximum atomic E-state index is 12.4. The van der Waals surface area contributed by atoms with E-state index in [-0.39, 0.29) is 23.5 Å². The van der Waals surface area contributed by atoms with Gasteiger partial charge >= 0.3 is 5.97 Å². The fourth-order valence-electron chi connectivity index (χ4n) is 2.99. The summed E-state index contributed by atoms with van der Waals surface area (Å²) in [6, 6.07) is 3.02. The maximum absolute atomic E-state index is 12.4. The highest BCUT2D eigenvalue weighted by atomic mass is 16.4. The van der Waals surface area contributed by atoms with Crippen molar-refractivity contribution in [1.29, 1.82) is 0 Å². The molecule has 1 amide bonds. The van der Waals surface area contributed by atoms with Gasteiger partial charge in [-0.05, 0) is 37.3 Å². The summed E-state index contributed by atoms with van der Waals surface area (Å²) in [6.07, 6.45) is 4.20. The SMILES string of the molecule is CCCC(C)C1CCCN1C(=O)c1ccc(C(=O)O)o1.